The number of carbonyl (C=O) groups is 1. The Labute approximate surface area is 145 Å². The van der Waals surface area contributed by atoms with E-state index >= 15 is 0 Å². The molecule has 0 bridgehead atoms. The second-order valence-electron chi connectivity index (χ2n) is 6.58. The average Bonchev–Trinajstić information content (AvgIpc) is 3.11. The fraction of sp³-hybridized carbons (Fsp3) is 0.238. The van der Waals surface area contributed by atoms with Crippen molar-refractivity contribution in [2.24, 2.45) is 0 Å². The fourth-order valence-corrected chi connectivity index (χ4v) is 3.62. The smallest absolute Gasteiger partial charge is 0.349 e. The Balaban J connectivity index is 1.61. The summed E-state index contributed by atoms with van der Waals surface area (Å²) in [7, 11) is 0. The lowest BCUT2D eigenvalue weighted by molar-refractivity contribution is 0.0786. The monoisotopic (exact) mass is 333 g/mol. The molecule has 126 valence electrons. The summed E-state index contributed by atoms with van der Waals surface area (Å²) in [6.07, 6.45) is 0.912. The summed E-state index contributed by atoms with van der Waals surface area (Å²) in [5, 5.41) is 0.764. The SMILES string of the molecule is Cc1ccccc1[C@H]1CCN(C(=O)c2cc3ccccc3oc2=O)C1. The lowest BCUT2D eigenvalue weighted by Gasteiger charge is -2.17. The molecule has 0 unspecified atom stereocenters. The molecule has 2 aromatic carbocycles. The number of carbonyl (C=O) groups excluding carboxylic acids is 1. The Bertz CT molecular complexity index is 1010. The Morgan fingerprint density at radius 3 is 2.72 bits per heavy atom. The van der Waals surface area contributed by atoms with E-state index in [4.69, 9.17) is 4.42 Å². The van der Waals surface area contributed by atoms with Gasteiger partial charge in [-0.3, -0.25) is 4.79 Å². The van der Waals surface area contributed by atoms with Gasteiger partial charge >= 0.3 is 5.63 Å². The van der Waals surface area contributed by atoms with Gasteiger partial charge in [0.1, 0.15) is 11.1 Å². The van der Waals surface area contributed by atoms with Crippen LogP contribution in [0.3, 0.4) is 0 Å². The van der Waals surface area contributed by atoms with Gasteiger partial charge in [-0.1, -0.05) is 42.5 Å². The number of aryl methyl sites for hydroxylation is 1. The highest BCUT2D eigenvalue weighted by Gasteiger charge is 2.30. The van der Waals surface area contributed by atoms with Crippen molar-refractivity contribution in [3.05, 3.63) is 81.7 Å². The molecule has 25 heavy (non-hydrogen) atoms. The van der Waals surface area contributed by atoms with Gasteiger partial charge in [-0.25, -0.2) is 4.79 Å². The number of benzene rings is 2. The molecule has 0 saturated carbocycles. The molecule has 4 nitrogen and oxygen atoms in total. The van der Waals surface area contributed by atoms with E-state index in [9.17, 15) is 9.59 Å². The van der Waals surface area contributed by atoms with Crippen LogP contribution in [0.5, 0.6) is 0 Å². The molecule has 1 aliphatic heterocycles. The van der Waals surface area contributed by atoms with Crippen molar-refractivity contribution in [3.8, 4) is 0 Å². The van der Waals surface area contributed by atoms with E-state index in [0.29, 0.717) is 24.6 Å². The third kappa shape index (κ3) is 2.84. The van der Waals surface area contributed by atoms with Gasteiger partial charge in [-0.15, -0.1) is 0 Å². The highest BCUT2D eigenvalue weighted by molar-refractivity contribution is 5.96. The Morgan fingerprint density at radius 1 is 1.12 bits per heavy atom. The third-order valence-corrected chi connectivity index (χ3v) is 4.98. The van der Waals surface area contributed by atoms with Crippen molar-refractivity contribution in [3.63, 3.8) is 0 Å². The third-order valence-electron chi connectivity index (χ3n) is 4.98. The van der Waals surface area contributed by atoms with Crippen molar-refractivity contribution in [2.75, 3.05) is 13.1 Å². The number of nitrogens with zero attached hydrogens (tertiary/aromatic N) is 1. The van der Waals surface area contributed by atoms with Gasteiger partial charge in [0.15, 0.2) is 0 Å². The molecule has 0 aliphatic carbocycles. The van der Waals surface area contributed by atoms with Gasteiger partial charge in [-0.05, 0) is 36.6 Å². The molecule has 1 aliphatic rings. The fourth-order valence-electron chi connectivity index (χ4n) is 3.62. The summed E-state index contributed by atoms with van der Waals surface area (Å²) in [6.45, 7) is 3.39. The minimum atomic E-state index is -0.567. The van der Waals surface area contributed by atoms with E-state index in [0.717, 1.165) is 11.8 Å². The first-order valence-electron chi connectivity index (χ1n) is 8.51. The van der Waals surface area contributed by atoms with Crippen LogP contribution in [-0.2, 0) is 0 Å². The summed E-state index contributed by atoms with van der Waals surface area (Å²) in [5.41, 5.74) is 2.57. The predicted molar refractivity (Wildman–Crippen MR) is 96.9 cm³/mol. The first-order valence-corrected chi connectivity index (χ1v) is 8.51. The van der Waals surface area contributed by atoms with Crippen LogP contribution in [0.1, 0.15) is 33.8 Å². The number of fused-ring (bicyclic) bond motifs is 1. The second kappa shape index (κ2) is 6.20. The van der Waals surface area contributed by atoms with Crippen LogP contribution < -0.4 is 5.63 Å². The zero-order valence-electron chi connectivity index (χ0n) is 14.1. The summed E-state index contributed by atoms with van der Waals surface area (Å²) >= 11 is 0. The molecule has 0 radical (unpaired) electrons. The summed E-state index contributed by atoms with van der Waals surface area (Å²) < 4.78 is 5.30. The molecule has 4 rings (SSSR count). The van der Waals surface area contributed by atoms with E-state index in [1.54, 1.807) is 23.1 Å². The van der Waals surface area contributed by atoms with Crippen LogP contribution in [0.15, 0.2) is 63.8 Å². The Kier molecular flexibility index (Phi) is 3.88. The molecule has 3 aromatic rings. The molecule has 0 N–H and O–H groups in total. The Morgan fingerprint density at radius 2 is 1.88 bits per heavy atom. The number of hydrogen-bond acceptors (Lipinski definition) is 3. The topological polar surface area (TPSA) is 50.5 Å². The largest absolute Gasteiger partial charge is 0.422 e. The van der Waals surface area contributed by atoms with Gasteiger partial charge in [0.2, 0.25) is 0 Å². The van der Waals surface area contributed by atoms with Gasteiger partial charge in [0.25, 0.3) is 5.91 Å². The van der Waals surface area contributed by atoms with Crippen LogP contribution in [0.2, 0.25) is 0 Å². The maximum absolute atomic E-state index is 12.8. The highest BCUT2D eigenvalue weighted by Crippen LogP contribution is 2.30. The van der Waals surface area contributed by atoms with Gasteiger partial charge in [0.05, 0.1) is 0 Å². The number of likely N-dealkylation sites (tertiary alicyclic amines) is 1. The lowest BCUT2D eigenvalue weighted by Crippen LogP contribution is -2.32. The summed E-state index contributed by atoms with van der Waals surface area (Å²) in [4.78, 5) is 26.8. The number of hydrogen-bond donors (Lipinski definition) is 0. The number of para-hydroxylation sites is 1. The molecule has 1 saturated heterocycles. The molecule has 4 heteroatoms. The minimum absolute atomic E-state index is 0.115. The zero-order chi connectivity index (χ0) is 17.4. The quantitative estimate of drug-likeness (QED) is 0.672. The average molecular weight is 333 g/mol. The molecule has 1 aromatic heterocycles. The van der Waals surface area contributed by atoms with Crippen LogP contribution in [0.4, 0.5) is 0 Å². The zero-order valence-corrected chi connectivity index (χ0v) is 14.1. The molecule has 2 heterocycles. The lowest BCUT2D eigenvalue weighted by atomic mass is 9.94. The molecular weight excluding hydrogens is 314 g/mol. The van der Waals surface area contributed by atoms with E-state index in [1.165, 1.54) is 11.1 Å². The van der Waals surface area contributed by atoms with Crippen molar-refractivity contribution in [1.82, 2.24) is 4.90 Å². The van der Waals surface area contributed by atoms with Crippen LogP contribution in [-0.4, -0.2) is 23.9 Å². The van der Waals surface area contributed by atoms with Gasteiger partial charge in [-0.2, -0.15) is 0 Å². The molecular formula is C21H19NO3. The van der Waals surface area contributed by atoms with Crippen LogP contribution >= 0.6 is 0 Å². The van der Waals surface area contributed by atoms with E-state index in [2.05, 4.69) is 19.1 Å². The molecule has 1 amide bonds. The van der Waals surface area contributed by atoms with Crippen molar-refractivity contribution in [1.29, 1.82) is 0 Å². The van der Waals surface area contributed by atoms with Crippen molar-refractivity contribution >= 4 is 16.9 Å². The van der Waals surface area contributed by atoms with Crippen LogP contribution in [0, 0.1) is 6.92 Å². The van der Waals surface area contributed by atoms with Crippen molar-refractivity contribution in [2.45, 2.75) is 19.3 Å². The molecule has 1 atom stereocenters. The highest BCUT2D eigenvalue weighted by atomic mass is 16.4. The van der Waals surface area contributed by atoms with E-state index in [1.807, 2.05) is 24.3 Å². The van der Waals surface area contributed by atoms with E-state index in [-0.39, 0.29) is 11.5 Å². The summed E-state index contributed by atoms with van der Waals surface area (Å²) in [5.74, 6) is 0.0771. The van der Waals surface area contributed by atoms with E-state index < -0.39 is 5.63 Å². The predicted octanol–water partition coefficient (Wildman–Crippen LogP) is 3.73. The normalized spacial score (nSPS) is 17.2. The summed E-state index contributed by atoms with van der Waals surface area (Å²) in [6, 6.07) is 17.2. The van der Waals surface area contributed by atoms with Gasteiger partial charge < -0.3 is 9.32 Å². The maximum Gasteiger partial charge on any atom is 0.349 e. The molecule has 0 spiro atoms. The second-order valence-corrected chi connectivity index (χ2v) is 6.58. The number of rotatable bonds is 2. The first kappa shape index (κ1) is 15.6. The number of amides is 1. The van der Waals surface area contributed by atoms with Gasteiger partial charge in [0, 0.05) is 24.4 Å². The van der Waals surface area contributed by atoms with Crippen LogP contribution in [0.25, 0.3) is 11.0 Å². The molecule has 1 fully saturated rings. The maximum atomic E-state index is 12.8. The Hall–Kier alpha value is -2.88. The first-order chi connectivity index (χ1) is 12.1. The van der Waals surface area contributed by atoms with Crippen molar-refractivity contribution < 1.29 is 9.21 Å². The minimum Gasteiger partial charge on any atom is -0.422 e. The standard InChI is InChI=1S/C21H19NO3/c1-14-6-2-4-8-17(14)16-10-11-22(13-16)20(23)18-12-15-7-3-5-9-19(15)25-21(18)24/h2-9,12,16H,10-11,13H2,1H3/t16-/m0/s1.